The molecule has 0 amide bonds. The lowest BCUT2D eigenvalue weighted by Crippen LogP contribution is -2.10. The molecule has 3 rings (SSSR count). The largest absolute Gasteiger partial charge is 0.423 e. The molecule has 226 valence electrons. The summed E-state index contributed by atoms with van der Waals surface area (Å²) in [5, 5.41) is 0. The number of carbonyl (C=O) groups is 2. The van der Waals surface area contributed by atoms with Gasteiger partial charge >= 0.3 is 11.9 Å². The minimum absolute atomic E-state index is 0.379. The molecule has 6 heteroatoms. The highest BCUT2D eigenvalue weighted by Crippen LogP contribution is 2.32. The fraction of sp³-hybridized carbons (Fsp3) is 0.444. The van der Waals surface area contributed by atoms with Crippen molar-refractivity contribution in [1.29, 1.82) is 0 Å². The summed E-state index contributed by atoms with van der Waals surface area (Å²) in [6.07, 6.45) is 12.2. The van der Waals surface area contributed by atoms with Crippen molar-refractivity contribution in [3.05, 3.63) is 91.9 Å². The van der Waals surface area contributed by atoms with Gasteiger partial charge in [-0.05, 0) is 84.3 Å². The monoisotopic (exact) mass is 698 g/mol. The highest BCUT2D eigenvalue weighted by Gasteiger charge is 2.16. The van der Waals surface area contributed by atoms with E-state index in [2.05, 4.69) is 59.6 Å². The summed E-state index contributed by atoms with van der Waals surface area (Å²) < 4.78 is 13.0. The lowest BCUT2D eigenvalue weighted by Gasteiger charge is -2.15. The van der Waals surface area contributed by atoms with Crippen molar-refractivity contribution < 1.29 is 19.1 Å². The molecule has 3 aromatic rings. The molecule has 42 heavy (non-hydrogen) atoms. The van der Waals surface area contributed by atoms with E-state index in [0.717, 1.165) is 21.8 Å². The average molecular weight is 701 g/mol. The Labute approximate surface area is 268 Å². The number of rotatable bonds is 16. The molecule has 0 heterocycles. The number of hydrogen-bond donors (Lipinski definition) is 0. The molecule has 0 aliphatic rings. The van der Waals surface area contributed by atoms with Crippen LogP contribution in [0.1, 0.15) is 136 Å². The van der Waals surface area contributed by atoms with Crippen molar-refractivity contribution in [2.24, 2.45) is 0 Å². The van der Waals surface area contributed by atoms with Gasteiger partial charge in [0, 0.05) is 8.95 Å². The van der Waals surface area contributed by atoms with Crippen LogP contribution in [0.3, 0.4) is 0 Å². The first-order valence-electron chi connectivity index (χ1n) is 15.4. The van der Waals surface area contributed by atoms with Crippen LogP contribution >= 0.6 is 31.9 Å². The SMILES string of the molecule is CCCCCCC(C)c1ccc(C(=O)Oc2ccc(OC(=O)c3ccc(C(C)CCCCCC)c(Br)c3)cc2)cc1Br. The van der Waals surface area contributed by atoms with Gasteiger partial charge in [0.05, 0.1) is 11.1 Å². The van der Waals surface area contributed by atoms with Crippen LogP contribution in [-0.2, 0) is 0 Å². The van der Waals surface area contributed by atoms with Gasteiger partial charge < -0.3 is 9.47 Å². The second-order valence-electron chi connectivity index (χ2n) is 11.2. The molecule has 0 spiro atoms. The second-order valence-corrected chi connectivity index (χ2v) is 12.9. The zero-order chi connectivity index (χ0) is 30.5. The molecular weight excluding hydrogens is 656 g/mol. The van der Waals surface area contributed by atoms with Gasteiger partial charge in [-0.1, -0.05) is 123 Å². The Morgan fingerprint density at radius 2 is 0.976 bits per heavy atom. The van der Waals surface area contributed by atoms with Crippen LogP contribution in [0.4, 0.5) is 0 Å². The third-order valence-corrected chi connectivity index (χ3v) is 9.13. The van der Waals surface area contributed by atoms with Crippen LogP contribution in [0.5, 0.6) is 11.5 Å². The van der Waals surface area contributed by atoms with Crippen LogP contribution in [-0.4, -0.2) is 11.9 Å². The van der Waals surface area contributed by atoms with Crippen molar-refractivity contribution in [2.45, 2.75) is 104 Å². The molecule has 0 radical (unpaired) electrons. The van der Waals surface area contributed by atoms with E-state index in [4.69, 9.17) is 9.47 Å². The smallest absolute Gasteiger partial charge is 0.343 e. The normalized spacial score (nSPS) is 12.5. The first kappa shape index (κ1) is 34.1. The molecule has 0 bridgehead atoms. The van der Waals surface area contributed by atoms with Crippen molar-refractivity contribution >= 4 is 43.8 Å². The minimum atomic E-state index is -0.438. The highest BCUT2D eigenvalue weighted by molar-refractivity contribution is 9.10. The van der Waals surface area contributed by atoms with Gasteiger partial charge in [0.2, 0.25) is 0 Å². The van der Waals surface area contributed by atoms with Crippen molar-refractivity contribution in [2.75, 3.05) is 0 Å². The van der Waals surface area contributed by atoms with Crippen LogP contribution in [0, 0.1) is 0 Å². The fourth-order valence-corrected chi connectivity index (χ4v) is 6.62. The van der Waals surface area contributed by atoms with Gasteiger partial charge in [-0.3, -0.25) is 0 Å². The molecular formula is C36H44Br2O4. The van der Waals surface area contributed by atoms with Crippen molar-refractivity contribution in [3.8, 4) is 11.5 Å². The molecule has 0 aromatic heterocycles. The molecule has 0 saturated carbocycles. The predicted octanol–water partition coefficient (Wildman–Crippen LogP) is 11.8. The van der Waals surface area contributed by atoms with Gasteiger partial charge in [0.15, 0.2) is 0 Å². The number of benzene rings is 3. The summed E-state index contributed by atoms with van der Waals surface area (Å²) in [5.41, 5.74) is 3.35. The topological polar surface area (TPSA) is 52.6 Å². The van der Waals surface area contributed by atoms with E-state index in [0.29, 0.717) is 34.5 Å². The average Bonchev–Trinajstić information content (AvgIpc) is 2.98. The highest BCUT2D eigenvalue weighted by atomic mass is 79.9. The van der Waals surface area contributed by atoms with Gasteiger partial charge in [-0.15, -0.1) is 0 Å². The summed E-state index contributed by atoms with van der Waals surface area (Å²) in [7, 11) is 0. The molecule has 0 saturated heterocycles. The fourth-order valence-electron chi connectivity index (χ4n) is 5.08. The summed E-state index contributed by atoms with van der Waals surface area (Å²) in [6.45, 7) is 8.89. The van der Waals surface area contributed by atoms with E-state index >= 15 is 0 Å². The number of esters is 2. The Hall–Kier alpha value is -2.44. The number of unbranched alkanes of at least 4 members (excludes halogenated alkanes) is 6. The predicted molar refractivity (Wildman–Crippen MR) is 179 cm³/mol. The zero-order valence-corrected chi connectivity index (χ0v) is 28.6. The summed E-state index contributed by atoms with van der Waals surface area (Å²) >= 11 is 7.29. The standard InChI is InChI=1S/C36H44Br2O4/c1-5-7-9-11-13-25(3)31-21-15-27(23-33(31)37)35(39)41-29-17-19-30(20-18-29)42-36(40)28-16-22-32(34(38)24-28)26(4)14-12-10-8-6-2/h15-26H,5-14H2,1-4H3. The lowest BCUT2D eigenvalue weighted by atomic mass is 9.94. The number of hydrogen-bond acceptors (Lipinski definition) is 4. The third-order valence-electron chi connectivity index (χ3n) is 7.76. The maximum Gasteiger partial charge on any atom is 0.343 e. The molecule has 0 aliphatic carbocycles. The van der Waals surface area contributed by atoms with Crippen molar-refractivity contribution in [3.63, 3.8) is 0 Å². The van der Waals surface area contributed by atoms with E-state index < -0.39 is 11.9 Å². The Bertz CT molecular complexity index is 1200. The zero-order valence-electron chi connectivity index (χ0n) is 25.4. The Morgan fingerprint density at radius 3 is 1.31 bits per heavy atom. The molecule has 0 aliphatic heterocycles. The Kier molecular flexibility index (Phi) is 14.3. The first-order chi connectivity index (χ1) is 20.2. The molecule has 0 fully saturated rings. The molecule has 2 atom stereocenters. The summed E-state index contributed by atoms with van der Waals surface area (Å²) in [6, 6.07) is 17.8. The molecule has 3 aromatic carbocycles. The van der Waals surface area contributed by atoms with E-state index in [1.165, 1.54) is 62.5 Å². The Balaban J connectivity index is 1.54. The van der Waals surface area contributed by atoms with Crippen LogP contribution in [0.2, 0.25) is 0 Å². The van der Waals surface area contributed by atoms with Gasteiger partial charge in [-0.2, -0.15) is 0 Å². The third kappa shape index (κ3) is 10.4. The molecule has 0 N–H and O–H groups in total. The van der Waals surface area contributed by atoms with Crippen LogP contribution in [0.25, 0.3) is 0 Å². The number of ether oxygens (including phenoxy) is 2. The van der Waals surface area contributed by atoms with Crippen molar-refractivity contribution in [1.82, 2.24) is 0 Å². The van der Waals surface area contributed by atoms with E-state index in [-0.39, 0.29) is 0 Å². The second kappa shape index (κ2) is 17.6. The van der Waals surface area contributed by atoms with Crippen LogP contribution in [0.15, 0.2) is 69.6 Å². The number of halogens is 2. The van der Waals surface area contributed by atoms with Gasteiger partial charge in [-0.25, -0.2) is 9.59 Å². The van der Waals surface area contributed by atoms with E-state index in [1.54, 1.807) is 24.3 Å². The maximum atomic E-state index is 12.8. The summed E-state index contributed by atoms with van der Waals surface area (Å²) in [5.74, 6) is 0.715. The van der Waals surface area contributed by atoms with Crippen LogP contribution < -0.4 is 9.47 Å². The molecule has 2 unspecified atom stereocenters. The number of carbonyl (C=O) groups excluding carboxylic acids is 2. The maximum absolute atomic E-state index is 12.8. The Morgan fingerprint density at radius 1 is 0.595 bits per heavy atom. The summed E-state index contributed by atoms with van der Waals surface area (Å²) in [4.78, 5) is 25.6. The lowest BCUT2D eigenvalue weighted by molar-refractivity contribution is 0.0719. The van der Waals surface area contributed by atoms with E-state index in [1.807, 2.05) is 36.4 Å². The minimum Gasteiger partial charge on any atom is -0.423 e. The van der Waals surface area contributed by atoms with Gasteiger partial charge in [0.1, 0.15) is 11.5 Å². The van der Waals surface area contributed by atoms with E-state index in [9.17, 15) is 9.59 Å². The molecule has 4 nitrogen and oxygen atoms in total. The quantitative estimate of drug-likeness (QED) is 0.0848. The first-order valence-corrected chi connectivity index (χ1v) is 16.9. The van der Waals surface area contributed by atoms with Gasteiger partial charge in [0.25, 0.3) is 0 Å².